The van der Waals surface area contributed by atoms with Crippen molar-refractivity contribution in [1.29, 1.82) is 0 Å². The molecule has 204 valence electrons. The fraction of sp³-hybridized carbons (Fsp3) is 0.105. The first-order valence-corrected chi connectivity index (χ1v) is 14.0. The molecule has 0 aliphatic rings. The van der Waals surface area contributed by atoms with Crippen LogP contribution in [0.15, 0.2) is 157 Å². The number of nitrogens with zero attached hydrogens (tertiary/aromatic N) is 1. The first-order valence-electron chi connectivity index (χ1n) is 14.0. The van der Waals surface area contributed by atoms with Gasteiger partial charge in [0.1, 0.15) is 22.8 Å². The predicted molar refractivity (Wildman–Crippen MR) is 173 cm³/mol. The van der Waals surface area contributed by atoms with Crippen molar-refractivity contribution in [1.82, 2.24) is 0 Å². The van der Waals surface area contributed by atoms with Gasteiger partial charge in [0.25, 0.3) is 0 Å². The summed E-state index contributed by atoms with van der Waals surface area (Å²) in [5, 5.41) is 0. The molecule has 5 aromatic rings. The molecule has 0 heterocycles. The molecule has 0 aliphatic carbocycles. The minimum absolute atomic E-state index is 0.852. The smallest absolute Gasteiger partial charge is 0.141 e. The van der Waals surface area contributed by atoms with Crippen molar-refractivity contribution in [2.75, 3.05) is 19.1 Å². The Hall–Kier alpha value is -4.86. The van der Waals surface area contributed by atoms with Gasteiger partial charge in [-0.15, -0.1) is 0 Å². The van der Waals surface area contributed by atoms with Crippen LogP contribution in [0.5, 0.6) is 5.75 Å². The Morgan fingerprint density at radius 2 is 1.29 bits per heavy atom. The van der Waals surface area contributed by atoms with Crippen LogP contribution >= 0.6 is 0 Å². The average Bonchev–Trinajstić information content (AvgIpc) is 3.05. The normalized spacial score (nSPS) is 12.3. The SMILES string of the molecule is C/C=C(\C=C/Cc1ccccc1)[NH+](c1ccccc1)c1ccc(-c2ccc(N(C)c3cccc(OC)c3)cc2)cc1. The second-order valence-corrected chi connectivity index (χ2v) is 9.96. The number of hydrogen-bond donors (Lipinski definition) is 1. The Morgan fingerprint density at radius 3 is 1.93 bits per heavy atom. The van der Waals surface area contributed by atoms with E-state index in [2.05, 4.69) is 152 Å². The van der Waals surface area contributed by atoms with Gasteiger partial charge in [-0.3, -0.25) is 0 Å². The molecular weight excluding hydrogens is 500 g/mol. The summed E-state index contributed by atoms with van der Waals surface area (Å²) in [6, 6.07) is 47.0. The summed E-state index contributed by atoms with van der Waals surface area (Å²) in [6.07, 6.45) is 7.62. The van der Waals surface area contributed by atoms with Crippen LogP contribution in [0.1, 0.15) is 12.5 Å². The molecule has 0 aliphatic heterocycles. The van der Waals surface area contributed by atoms with Crippen molar-refractivity contribution in [3.05, 3.63) is 163 Å². The van der Waals surface area contributed by atoms with Gasteiger partial charge in [-0.25, -0.2) is 4.90 Å². The summed E-state index contributed by atoms with van der Waals surface area (Å²) < 4.78 is 5.40. The Labute approximate surface area is 244 Å². The first kappa shape index (κ1) is 27.7. The zero-order valence-corrected chi connectivity index (χ0v) is 24.0. The molecule has 0 aromatic heterocycles. The highest BCUT2D eigenvalue weighted by molar-refractivity contribution is 5.70. The van der Waals surface area contributed by atoms with Gasteiger partial charge in [-0.1, -0.05) is 72.8 Å². The first-order chi connectivity index (χ1) is 20.2. The number of rotatable bonds is 10. The number of allylic oxidation sites excluding steroid dienone is 3. The number of anilines is 2. The standard InChI is InChI=1S/C38H36N2O/c1-4-33(18-11-15-30-13-7-5-8-14-30)40(35-16-9-6-10-17-35)36-27-23-32(24-28-36)31-21-25-34(26-22-31)39(2)37-19-12-20-38(29-37)41-3/h4-14,16-29H,15H2,1-3H3/p+1/b18-11-,33-4+. The third-order valence-corrected chi connectivity index (χ3v) is 7.36. The largest absolute Gasteiger partial charge is 0.497 e. The molecular formula is C38H37N2O+. The van der Waals surface area contributed by atoms with E-state index in [0.29, 0.717) is 0 Å². The lowest BCUT2D eigenvalue weighted by Crippen LogP contribution is -3.00. The molecule has 0 amide bonds. The third-order valence-electron chi connectivity index (χ3n) is 7.36. The van der Waals surface area contributed by atoms with Gasteiger partial charge < -0.3 is 9.64 Å². The van der Waals surface area contributed by atoms with E-state index < -0.39 is 0 Å². The molecule has 0 bridgehead atoms. The lowest BCUT2D eigenvalue weighted by atomic mass is 10.0. The second kappa shape index (κ2) is 13.5. The lowest BCUT2D eigenvalue weighted by molar-refractivity contribution is -0.710. The van der Waals surface area contributed by atoms with Crippen LogP contribution in [0.25, 0.3) is 11.1 Å². The van der Waals surface area contributed by atoms with Crippen LogP contribution in [0.2, 0.25) is 0 Å². The zero-order chi connectivity index (χ0) is 28.4. The highest BCUT2D eigenvalue weighted by Gasteiger charge is 2.19. The summed E-state index contributed by atoms with van der Waals surface area (Å²) in [4.78, 5) is 3.40. The summed E-state index contributed by atoms with van der Waals surface area (Å²) in [6.45, 7) is 2.11. The van der Waals surface area contributed by atoms with Gasteiger partial charge in [0.05, 0.1) is 7.11 Å². The maximum absolute atomic E-state index is 5.40. The number of ether oxygens (including phenoxy) is 1. The highest BCUT2D eigenvalue weighted by Crippen LogP contribution is 2.29. The molecule has 5 rings (SSSR count). The lowest BCUT2D eigenvalue weighted by Gasteiger charge is -2.21. The second-order valence-electron chi connectivity index (χ2n) is 9.96. The Kier molecular flexibility index (Phi) is 9.10. The van der Waals surface area contributed by atoms with Gasteiger partial charge in [-0.2, -0.15) is 0 Å². The molecule has 1 unspecified atom stereocenters. The summed E-state index contributed by atoms with van der Waals surface area (Å²) in [5.74, 6) is 0.852. The van der Waals surface area contributed by atoms with E-state index in [-0.39, 0.29) is 0 Å². The Bertz CT molecular complexity index is 1590. The van der Waals surface area contributed by atoms with E-state index in [9.17, 15) is 0 Å². The number of para-hydroxylation sites is 1. The third kappa shape index (κ3) is 6.84. The van der Waals surface area contributed by atoms with Crippen molar-refractivity contribution in [3.63, 3.8) is 0 Å². The van der Waals surface area contributed by atoms with Gasteiger partial charge in [0, 0.05) is 36.6 Å². The van der Waals surface area contributed by atoms with Crippen LogP contribution in [0.4, 0.5) is 22.7 Å². The molecule has 0 fully saturated rings. The molecule has 0 spiro atoms. The van der Waals surface area contributed by atoms with Crippen molar-refractivity contribution in [2.24, 2.45) is 0 Å². The van der Waals surface area contributed by atoms with Crippen LogP contribution in [-0.4, -0.2) is 14.2 Å². The molecule has 1 atom stereocenters. The number of methoxy groups -OCH3 is 1. The van der Waals surface area contributed by atoms with E-state index in [1.807, 2.05) is 18.2 Å². The highest BCUT2D eigenvalue weighted by atomic mass is 16.5. The molecule has 3 nitrogen and oxygen atoms in total. The van der Waals surface area contributed by atoms with E-state index in [4.69, 9.17) is 4.74 Å². The summed E-state index contributed by atoms with van der Waals surface area (Å²) in [7, 11) is 3.77. The summed E-state index contributed by atoms with van der Waals surface area (Å²) >= 11 is 0. The number of benzene rings is 5. The Balaban J connectivity index is 1.37. The molecule has 1 N–H and O–H groups in total. The van der Waals surface area contributed by atoms with Gasteiger partial charge in [0.15, 0.2) is 0 Å². The van der Waals surface area contributed by atoms with Gasteiger partial charge in [-0.05, 0) is 90.7 Å². The van der Waals surface area contributed by atoms with Crippen LogP contribution in [0.3, 0.4) is 0 Å². The maximum Gasteiger partial charge on any atom is 0.141 e. The van der Waals surface area contributed by atoms with Gasteiger partial charge in [0.2, 0.25) is 0 Å². The molecule has 0 saturated carbocycles. The average molecular weight is 538 g/mol. The van der Waals surface area contributed by atoms with Gasteiger partial charge >= 0.3 is 0 Å². The van der Waals surface area contributed by atoms with Crippen LogP contribution < -0.4 is 14.5 Å². The monoisotopic (exact) mass is 537 g/mol. The van der Waals surface area contributed by atoms with Crippen molar-refractivity contribution < 1.29 is 9.64 Å². The van der Waals surface area contributed by atoms with E-state index in [1.165, 1.54) is 38.7 Å². The van der Waals surface area contributed by atoms with Crippen LogP contribution in [0, 0.1) is 0 Å². The molecule has 5 aromatic carbocycles. The Morgan fingerprint density at radius 1 is 0.683 bits per heavy atom. The molecule has 41 heavy (non-hydrogen) atoms. The van der Waals surface area contributed by atoms with Crippen LogP contribution in [-0.2, 0) is 6.42 Å². The van der Waals surface area contributed by atoms with Crippen molar-refractivity contribution in [3.8, 4) is 16.9 Å². The van der Waals surface area contributed by atoms with Crippen molar-refractivity contribution in [2.45, 2.75) is 13.3 Å². The summed E-state index contributed by atoms with van der Waals surface area (Å²) in [5.41, 5.74) is 9.53. The molecule has 0 saturated heterocycles. The zero-order valence-electron chi connectivity index (χ0n) is 24.0. The van der Waals surface area contributed by atoms with Crippen molar-refractivity contribution >= 4 is 22.7 Å². The topological polar surface area (TPSA) is 16.9 Å². The quantitative estimate of drug-likeness (QED) is 0.180. The number of quaternary nitrogens is 1. The van der Waals surface area contributed by atoms with E-state index in [1.54, 1.807) is 7.11 Å². The predicted octanol–water partition coefficient (Wildman–Crippen LogP) is 8.68. The number of nitrogens with one attached hydrogen (secondary N) is 1. The maximum atomic E-state index is 5.40. The minimum Gasteiger partial charge on any atom is -0.497 e. The fourth-order valence-electron chi connectivity index (χ4n) is 5.04. The minimum atomic E-state index is 0.852. The number of hydrogen-bond acceptors (Lipinski definition) is 2. The molecule has 0 radical (unpaired) electrons. The molecule has 3 heteroatoms. The fourth-order valence-corrected chi connectivity index (χ4v) is 5.04. The van der Waals surface area contributed by atoms with E-state index in [0.717, 1.165) is 23.5 Å². The van der Waals surface area contributed by atoms with E-state index >= 15 is 0 Å².